The fourth-order valence-corrected chi connectivity index (χ4v) is 11.2. The van der Waals surface area contributed by atoms with Crippen LogP contribution in [0, 0.1) is 47.3 Å². The van der Waals surface area contributed by atoms with Crippen LogP contribution in [-0.2, 0) is 26.7 Å². The van der Waals surface area contributed by atoms with Crippen molar-refractivity contribution < 1.29 is 36.9 Å². The molecule has 0 aromatic rings. The fourth-order valence-electron chi connectivity index (χ4n) is 11.2. The molecular weight excluding hydrogens is 604 g/mol. The summed E-state index contributed by atoms with van der Waals surface area (Å²) in [5, 5.41) is 33.0. The zero-order valence-electron chi connectivity index (χ0n) is 28.2. The molecule has 0 aliphatic carbocycles. The van der Waals surface area contributed by atoms with Gasteiger partial charge in [-0.25, -0.2) is 0 Å². The van der Waals surface area contributed by atoms with Crippen molar-refractivity contribution in [2.45, 2.75) is 154 Å². The standard InChI is InChI=1S/C35H61N4O4.Cu/c1-8-22-18(3)28-17-33-23(9-2)21(6)32(39(33)7)16-27-20(5)25(11-13-35(42)43)31(38-27)15-30-24(10-12-34(40)41)19(4)26(36-30)14-29(22)37-28;/h18-33,37-38H,8-17H2,1-7H3,(H,40,41)(H,42,43);/q-1;+2. The van der Waals surface area contributed by atoms with E-state index >= 15 is 0 Å². The Morgan fingerprint density at radius 1 is 0.659 bits per heavy atom. The van der Waals surface area contributed by atoms with E-state index in [9.17, 15) is 19.8 Å². The van der Waals surface area contributed by atoms with E-state index in [1.165, 1.54) is 19.3 Å². The van der Waals surface area contributed by atoms with E-state index in [0.717, 1.165) is 19.3 Å². The third-order valence-corrected chi connectivity index (χ3v) is 13.8. The molecule has 5 fully saturated rings. The average molecular weight is 665 g/mol. The molecule has 255 valence electrons. The maximum absolute atomic E-state index is 11.7. The third-order valence-electron chi connectivity index (χ3n) is 13.8. The molecule has 5 rings (SSSR count). The molecule has 5 aliphatic heterocycles. The molecule has 5 heterocycles. The van der Waals surface area contributed by atoms with Crippen LogP contribution in [0.4, 0.5) is 0 Å². The zero-order valence-corrected chi connectivity index (χ0v) is 29.2. The molecule has 8 nitrogen and oxygen atoms in total. The van der Waals surface area contributed by atoms with Gasteiger partial charge < -0.3 is 26.2 Å². The second-order valence-corrected chi connectivity index (χ2v) is 15.6. The van der Waals surface area contributed by atoms with Gasteiger partial charge in [0, 0.05) is 49.1 Å². The summed E-state index contributed by atoms with van der Waals surface area (Å²) in [7, 11) is 2.38. The number of carboxylic acids is 2. The van der Waals surface area contributed by atoms with Crippen molar-refractivity contribution in [1.82, 2.24) is 15.5 Å². The number of hydrogen-bond donors (Lipinski definition) is 4. The molecule has 0 saturated carbocycles. The van der Waals surface area contributed by atoms with E-state index in [2.05, 4.69) is 64.1 Å². The largest absolute Gasteiger partial charge is 2.00 e. The molecule has 9 heteroatoms. The van der Waals surface area contributed by atoms with Crippen LogP contribution in [0.3, 0.4) is 0 Å². The molecule has 0 aromatic heterocycles. The van der Waals surface area contributed by atoms with Crippen molar-refractivity contribution in [2.75, 3.05) is 7.05 Å². The van der Waals surface area contributed by atoms with Gasteiger partial charge in [0.05, 0.1) is 0 Å². The van der Waals surface area contributed by atoms with Gasteiger partial charge in [0.25, 0.3) is 0 Å². The summed E-state index contributed by atoms with van der Waals surface area (Å²) in [6.07, 6.45) is 8.37. The summed E-state index contributed by atoms with van der Waals surface area (Å²) >= 11 is 0. The summed E-state index contributed by atoms with van der Waals surface area (Å²) in [5.41, 5.74) is 0. The second kappa shape index (κ2) is 15.0. The molecule has 4 N–H and O–H groups in total. The van der Waals surface area contributed by atoms with E-state index < -0.39 is 11.9 Å². The number of fused-ring (bicyclic) bond motifs is 8. The molecule has 8 bridgehead atoms. The van der Waals surface area contributed by atoms with Gasteiger partial charge >= 0.3 is 29.0 Å². The first-order valence-electron chi connectivity index (χ1n) is 17.8. The zero-order chi connectivity index (χ0) is 31.2. The van der Waals surface area contributed by atoms with Crippen LogP contribution in [0.5, 0.6) is 0 Å². The minimum atomic E-state index is -0.723. The number of nitrogens with zero attached hydrogens (tertiary/aromatic N) is 2. The third kappa shape index (κ3) is 7.08. The van der Waals surface area contributed by atoms with Crippen molar-refractivity contribution in [1.29, 1.82) is 0 Å². The van der Waals surface area contributed by atoms with Gasteiger partial charge in [0.2, 0.25) is 0 Å². The van der Waals surface area contributed by atoms with E-state index in [0.29, 0.717) is 84.5 Å². The first-order chi connectivity index (χ1) is 20.4. The van der Waals surface area contributed by atoms with Crippen LogP contribution in [0.1, 0.15) is 106 Å². The van der Waals surface area contributed by atoms with Crippen LogP contribution >= 0.6 is 0 Å². The summed E-state index contributed by atoms with van der Waals surface area (Å²) in [5.74, 6) is 2.46. The van der Waals surface area contributed by atoms with Crippen molar-refractivity contribution >= 4 is 11.9 Å². The Kier molecular flexibility index (Phi) is 12.3. The molecule has 16 atom stereocenters. The van der Waals surface area contributed by atoms with Crippen molar-refractivity contribution in [2.24, 2.45) is 47.3 Å². The SMILES string of the molecule is CCC1C2CC3[N-]C(CC4NC(CC5C(C)C(CC)C(CC(N2)C1C)N5C)C(C)C4CCC(=O)O)C(CCC(=O)O)C3C.[Cu+2]. The molecule has 5 saturated heterocycles. The van der Waals surface area contributed by atoms with Crippen LogP contribution in [0.2, 0.25) is 0 Å². The van der Waals surface area contributed by atoms with Gasteiger partial charge in [-0.3, -0.25) is 14.5 Å². The number of carboxylic acid groups (broad SMARTS) is 2. The summed E-state index contributed by atoms with van der Waals surface area (Å²) < 4.78 is 0. The van der Waals surface area contributed by atoms with E-state index in [4.69, 9.17) is 5.32 Å². The number of hydrogen-bond acceptors (Lipinski definition) is 5. The summed E-state index contributed by atoms with van der Waals surface area (Å²) in [6.45, 7) is 14.4. The first-order valence-corrected chi connectivity index (χ1v) is 17.8. The quantitative estimate of drug-likeness (QED) is 0.250. The molecule has 0 spiro atoms. The molecule has 1 radical (unpaired) electrons. The predicted octanol–water partition coefficient (Wildman–Crippen LogP) is 5.60. The van der Waals surface area contributed by atoms with Crippen LogP contribution in [0.25, 0.3) is 5.32 Å². The number of nitrogens with one attached hydrogen (secondary N) is 2. The number of rotatable bonds is 8. The second-order valence-electron chi connectivity index (χ2n) is 15.6. The topological polar surface area (TPSA) is 116 Å². The van der Waals surface area contributed by atoms with E-state index in [-0.39, 0.29) is 54.0 Å². The normalized spacial score (nSPS) is 47.4. The van der Waals surface area contributed by atoms with E-state index in [1.54, 1.807) is 0 Å². The van der Waals surface area contributed by atoms with Crippen LogP contribution in [0.15, 0.2) is 0 Å². The molecule has 16 unspecified atom stereocenters. The predicted molar refractivity (Wildman–Crippen MR) is 171 cm³/mol. The van der Waals surface area contributed by atoms with Gasteiger partial charge in [0.15, 0.2) is 0 Å². The van der Waals surface area contributed by atoms with Gasteiger partial charge in [-0.05, 0) is 68.2 Å². The Labute approximate surface area is 277 Å². The van der Waals surface area contributed by atoms with Gasteiger partial charge in [-0.1, -0.05) is 79.1 Å². The summed E-state index contributed by atoms with van der Waals surface area (Å²) in [6, 6.07) is 2.99. The van der Waals surface area contributed by atoms with Crippen LogP contribution < -0.4 is 10.6 Å². The van der Waals surface area contributed by atoms with Gasteiger partial charge in [-0.15, -0.1) is 12.1 Å². The first kappa shape index (κ1) is 36.1. The van der Waals surface area contributed by atoms with Crippen molar-refractivity contribution in [3.8, 4) is 0 Å². The van der Waals surface area contributed by atoms with Gasteiger partial charge in [0.1, 0.15) is 0 Å². The van der Waals surface area contributed by atoms with Crippen molar-refractivity contribution in [3.05, 3.63) is 5.32 Å². The smallest absolute Gasteiger partial charge is 0.656 e. The Morgan fingerprint density at radius 2 is 1.16 bits per heavy atom. The van der Waals surface area contributed by atoms with Gasteiger partial charge in [-0.2, -0.15) is 0 Å². The Balaban J connectivity index is 0.00000442. The average Bonchev–Trinajstić information content (AvgIpc) is 3.59. The molecule has 0 amide bonds. The molecule has 5 aliphatic rings. The van der Waals surface area contributed by atoms with Crippen molar-refractivity contribution in [3.63, 3.8) is 0 Å². The number of carbonyl (C=O) groups is 2. The minimum absolute atomic E-state index is 0. The Morgan fingerprint density at radius 3 is 1.73 bits per heavy atom. The maximum Gasteiger partial charge on any atom is 2.00 e. The van der Waals surface area contributed by atoms with E-state index in [1.807, 2.05) is 0 Å². The maximum atomic E-state index is 11.7. The molecule has 44 heavy (non-hydrogen) atoms. The monoisotopic (exact) mass is 664 g/mol. The number of aliphatic carboxylic acids is 2. The minimum Gasteiger partial charge on any atom is -0.656 e. The van der Waals surface area contributed by atoms with Crippen LogP contribution in [-0.4, -0.2) is 82.4 Å². The molecule has 0 aromatic carbocycles. The Hall–Kier alpha value is -0.701. The molecular formula is C35H61CuN4O4+. The fraction of sp³-hybridized carbons (Fsp3) is 0.943. The summed E-state index contributed by atoms with van der Waals surface area (Å²) in [4.78, 5) is 26.1. The Bertz CT molecular complexity index is 986.